The van der Waals surface area contributed by atoms with Gasteiger partial charge in [0.25, 0.3) is 0 Å². The van der Waals surface area contributed by atoms with E-state index < -0.39 is 21.0 Å². The molecule has 0 aliphatic carbocycles. The number of nitrogens with one attached hydrogen (secondary N) is 2. The molecule has 15 heteroatoms. The second-order valence-electron chi connectivity index (χ2n) is 13.3. The van der Waals surface area contributed by atoms with Crippen LogP contribution in [0.3, 0.4) is 0 Å². The molecule has 53 heavy (non-hydrogen) atoms. The molecule has 0 saturated carbocycles. The van der Waals surface area contributed by atoms with Gasteiger partial charge in [0, 0.05) is 71.2 Å². The Morgan fingerprint density at radius 1 is 0.717 bits per heavy atom. The third-order valence-corrected chi connectivity index (χ3v) is 13.1. The molecule has 0 amide bonds. The van der Waals surface area contributed by atoms with Crippen LogP contribution in [0, 0.1) is 0 Å². The Balaban J connectivity index is 0.911. The van der Waals surface area contributed by atoms with Crippen LogP contribution in [0.4, 0.5) is 0 Å². The largest absolute Gasteiger partial charge is 0.378 e. The molecule has 2 aliphatic rings. The molecule has 3 atom stereocenters. The van der Waals surface area contributed by atoms with E-state index in [9.17, 15) is 12.6 Å². The van der Waals surface area contributed by atoms with Gasteiger partial charge < -0.3 is 19.3 Å². The summed E-state index contributed by atoms with van der Waals surface area (Å²) in [4.78, 5) is 5.23. The molecule has 0 radical (unpaired) electrons. The van der Waals surface area contributed by atoms with Gasteiger partial charge in [-0.25, -0.2) is 22.1 Å². The smallest absolute Gasteiger partial charge is 0.240 e. The maximum Gasteiger partial charge on any atom is 0.240 e. The number of nitrogens with zero attached hydrogens (tertiary/aromatic N) is 2. The average Bonchev–Trinajstić information content (AvgIpc) is 3.12. The quantitative estimate of drug-likeness (QED) is 0.124. The molecular formula is C38H42Cl4N4O5S2. The van der Waals surface area contributed by atoms with Gasteiger partial charge in [0.1, 0.15) is 11.0 Å². The van der Waals surface area contributed by atoms with Crippen LogP contribution < -0.4 is 9.44 Å². The predicted octanol–water partition coefficient (Wildman–Crippen LogP) is 7.08. The number of halogens is 4. The van der Waals surface area contributed by atoms with E-state index in [1.165, 1.54) is 0 Å². The second kappa shape index (κ2) is 18.2. The Bertz CT molecular complexity index is 2070. The lowest BCUT2D eigenvalue weighted by molar-refractivity contribution is 0.0523. The number of hydrogen-bond acceptors (Lipinski definition) is 7. The van der Waals surface area contributed by atoms with Gasteiger partial charge in [0.2, 0.25) is 10.0 Å². The molecule has 9 nitrogen and oxygen atoms in total. The highest BCUT2D eigenvalue weighted by Gasteiger charge is 2.29. The van der Waals surface area contributed by atoms with Crippen molar-refractivity contribution in [1.82, 2.24) is 19.2 Å². The molecule has 0 spiro atoms. The van der Waals surface area contributed by atoms with Gasteiger partial charge in [-0.2, -0.15) is 0 Å². The monoisotopic (exact) mass is 838 g/mol. The Kier molecular flexibility index (Phi) is 14.0. The summed E-state index contributed by atoms with van der Waals surface area (Å²) in [5, 5.41) is 2.42. The van der Waals surface area contributed by atoms with E-state index in [2.05, 4.69) is 26.3 Å². The summed E-state index contributed by atoms with van der Waals surface area (Å²) in [6, 6.07) is 22.1. The van der Waals surface area contributed by atoms with E-state index >= 15 is 0 Å². The SMILES string of the molecule is CN1Cc2c(Cl)cc(Cl)cc2C(c2cccc(S(=O)NCCOCCOCCNS(=O)(=O)c3cccc(C4CN(C)Cc5c(Cl)cc(Cl)cc54)c3)c2)C1. The maximum absolute atomic E-state index is 13.1. The highest BCUT2D eigenvalue weighted by Crippen LogP contribution is 2.40. The summed E-state index contributed by atoms with van der Waals surface area (Å²) >= 11 is 25.7. The lowest BCUT2D eigenvalue weighted by atomic mass is 9.85. The van der Waals surface area contributed by atoms with Crippen molar-refractivity contribution < 1.29 is 22.1 Å². The fraction of sp³-hybridized carbons (Fsp3) is 0.368. The maximum atomic E-state index is 13.1. The lowest BCUT2D eigenvalue weighted by Gasteiger charge is -2.33. The molecule has 284 valence electrons. The van der Waals surface area contributed by atoms with Gasteiger partial charge >= 0.3 is 0 Å². The van der Waals surface area contributed by atoms with E-state index in [4.69, 9.17) is 55.9 Å². The zero-order valence-corrected chi connectivity index (χ0v) is 34.1. The molecule has 2 aliphatic heterocycles. The normalized spacial score (nSPS) is 18.5. The Morgan fingerprint density at radius 2 is 1.25 bits per heavy atom. The van der Waals surface area contributed by atoms with Gasteiger partial charge in [-0.15, -0.1) is 0 Å². The van der Waals surface area contributed by atoms with Crippen molar-refractivity contribution in [2.75, 3.05) is 66.7 Å². The van der Waals surface area contributed by atoms with Gasteiger partial charge in [0.05, 0.1) is 36.2 Å². The highest BCUT2D eigenvalue weighted by atomic mass is 35.5. The molecule has 0 aromatic heterocycles. The van der Waals surface area contributed by atoms with Crippen molar-refractivity contribution in [1.29, 1.82) is 0 Å². The average molecular weight is 841 g/mol. The minimum Gasteiger partial charge on any atom is -0.378 e. The fourth-order valence-electron chi connectivity index (χ4n) is 6.95. The summed E-state index contributed by atoms with van der Waals surface area (Å²) in [5.41, 5.74) is 6.10. The zero-order chi connectivity index (χ0) is 37.7. The third-order valence-electron chi connectivity index (χ3n) is 9.42. The van der Waals surface area contributed by atoms with Crippen molar-refractivity contribution >= 4 is 67.4 Å². The number of sulfonamides is 1. The summed E-state index contributed by atoms with van der Waals surface area (Å²) in [6.07, 6.45) is 0. The van der Waals surface area contributed by atoms with E-state index in [0.717, 1.165) is 46.5 Å². The van der Waals surface area contributed by atoms with Crippen molar-refractivity contribution in [2.45, 2.75) is 34.7 Å². The van der Waals surface area contributed by atoms with E-state index in [0.29, 0.717) is 57.8 Å². The van der Waals surface area contributed by atoms with E-state index in [-0.39, 0.29) is 36.5 Å². The van der Waals surface area contributed by atoms with Crippen LogP contribution in [0.25, 0.3) is 0 Å². The molecule has 0 bridgehead atoms. The number of benzene rings is 4. The first-order valence-corrected chi connectivity index (χ1v) is 21.4. The molecule has 3 unspecified atom stereocenters. The molecule has 0 fully saturated rings. The second-order valence-corrected chi connectivity index (χ2v) is 18.1. The fourth-order valence-corrected chi connectivity index (χ4v) is 10.0. The Morgan fingerprint density at radius 3 is 1.83 bits per heavy atom. The van der Waals surface area contributed by atoms with Crippen LogP contribution in [0.2, 0.25) is 20.1 Å². The minimum absolute atomic E-state index is 0.0511. The first-order chi connectivity index (χ1) is 25.4. The predicted molar refractivity (Wildman–Crippen MR) is 213 cm³/mol. The molecule has 0 saturated heterocycles. The molecule has 2 heterocycles. The summed E-state index contributed by atoms with van der Waals surface area (Å²) in [6.45, 7) is 4.53. The standard InChI is InChI=1S/C38H42Cl4N4O5S2/c1-45-21-33(31-17-27(39)19-37(41)35(31)23-45)25-5-3-7-29(15-25)52(47)43-9-11-50-13-14-51-12-10-44-53(48,49)30-8-4-6-26(16-30)34-22-46(2)24-36-32(34)18-28(40)20-38(36)42/h3-8,15-20,33-34,43-44H,9-14,21-24H2,1-2H3. The Labute approximate surface area is 334 Å². The van der Waals surface area contributed by atoms with E-state index in [1.54, 1.807) is 30.3 Å². The van der Waals surface area contributed by atoms with Crippen LogP contribution in [0.15, 0.2) is 82.6 Å². The molecule has 6 rings (SSSR count). The van der Waals surface area contributed by atoms with Crippen molar-refractivity contribution in [3.63, 3.8) is 0 Å². The highest BCUT2D eigenvalue weighted by molar-refractivity contribution is 7.89. The topological polar surface area (TPSA) is 100 Å². The molecular weight excluding hydrogens is 798 g/mol. The number of hydrogen-bond donors (Lipinski definition) is 2. The van der Waals surface area contributed by atoms with Gasteiger partial charge in [-0.3, -0.25) is 0 Å². The van der Waals surface area contributed by atoms with Gasteiger partial charge in [0.15, 0.2) is 0 Å². The summed E-state index contributed by atoms with van der Waals surface area (Å²) in [5.74, 6) is -0.0245. The van der Waals surface area contributed by atoms with E-state index in [1.807, 2.05) is 49.5 Å². The minimum atomic E-state index is -3.77. The van der Waals surface area contributed by atoms with Crippen molar-refractivity contribution in [2.24, 2.45) is 0 Å². The van der Waals surface area contributed by atoms with Crippen molar-refractivity contribution in [3.05, 3.63) is 126 Å². The first kappa shape index (κ1) is 40.6. The van der Waals surface area contributed by atoms with Crippen molar-refractivity contribution in [3.8, 4) is 0 Å². The molecule has 4 aromatic rings. The van der Waals surface area contributed by atoms with Crippen LogP contribution >= 0.6 is 46.4 Å². The van der Waals surface area contributed by atoms with Gasteiger partial charge in [-0.1, -0.05) is 70.7 Å². The molecule has 4 aromatic carbocycles. The zero-order valence-electron chi connectivity index (χ0n) is 29.4. The number of fused-ring (bicyclic) bond motifs is 2. The first-order valence-electron chi connectivity index (χ1n) is 17.2. The van der Waals surface area contributed by atoms with Crippen LogP contribution in [-0.4, -0.2) is 89.1 Å². The number of ether oxygens (including phenoxy) is 2. The number of rotatable bonds is 15. The summed E-state index contributed by atoms with van der Waals surface area (Å²) in [7, 11) is -1.13. The van der Waals surface area contributed by atoms with Crippen LogP contribution in [-0.2, 0) is 43.6 Å². The summed E-state index contributed by atoms with van der Waals surface area (Å²) < 4.78 is 56.2. The third kappa shape index (κ3) is 10.2. The lowest BCUT2D eigenvalue weighted by Crippen LogP contribution is -2.31. The Hall–Kier alpha value is -2.10. The molecule has 2 N–H and O–H groups in total. The number of likely N-dealkylation sites (N-methyl/N-ethyl adjacent to an activating group) is 2. The van der Waals surface area contributed by atoms with Crippen LogP contribution in [0.5, 0.6) is 0 Å². The van der Waals surface area contributed by atoms with Gasteiger partial charge in [-0.05, 0) is 96.0 Å². The van der Waals surface area contributed by atoms with Crippen LogP contribution in [0.1, 0.15) is 45.2 Å².